The minimum absolute atomic E-state index is 0.0516. The van der Waals surface area contributed by atoms with Crippen molar-refractivity contribution in [2.45, 2.75) is 50.9 Å². The molecular formula is C13H24N2O3. The van der Waals surface area contributed by atoms with Crippen molar-refractivity contribution in [2.75, 3.05) is 26.2 Å². The highest BCUT2D eigenvalue weighted by molar-refractivity contribution is 5.73. The fourth-order valence-corrected chi connectivity index (χ4v) is 2.76. The molecule has 18 heavy (non-hydrogen) atoms. The molecule has 5 heteroatoms. The molecule has 5 nitrogen and oxygen atoms in total. The number of hydrogen-bond acceptors (Lipinski definition) is 4. The Labute approximate surface area is 108 Å². The van der Waals surface area contributed by atoms with E-state index >= 15 is 0 Å². The smallest absolute Gasteiger partial charge is 0.217 e. The zero-order chi connectivity index (χ0) is 13.0. The first kappa shape index (κ1) is 13.8. The van der Waals surface area contributed by atoms with Gasteiger partial charge in [-0.1, -0.05) is 0 Å². The Morgan fingerprint density at radius 3 is 2.56 bits per heavy atom. The van der Waals surface area contributed by atoms with Crippen LogP contribution < -0.4 is 5.32 Å². The summed E-state index contributed by atoms with van der Waals surface area (Å²) >= 11 is 0. The van der Waals surface area contributed by atoms with Crippen LogP contribution in [0.5, 0.6) is 0 Å². The van der Waals surface area contributed by atoms with E-state index in [1.165, 1.54) is 0 Å². The minimum Gasteiger partial charge on any atom is -0.395 e. The summed E-state index contributed by atoms with van der Waals surface area (Å²) < 4.78 is 6.03. The van der Waals surface area contributed by atoms with E-state index in [0.717, 1.165) is 45.3 Å². The lowest BCUT2D eigenvalue weighted by Crippen LogP contribution is -2.49. The number of aliphatic hydroxyl groups is 1. The van der Waals surface area contributed by atoms with Crippen LogP contribution in [0.4, 0.5) is 0 Å². The van der Waals surface area contributed by atoms with Crippen molar-refractivity contribution in [3.05, 3.63) is 0 Å². The van der Waals surface area contributed by atoms with E-state index < -0.39 is 0 Å². The van der Waals surface area contributed by atoms with Gasteiger partial charge in [0.25, 0.3) is 0 Å². The summed E-state index contributed by atoms with van der Waals surface area (Å²) in [6, 6.07) is 0.321. The molecule has 0 bridgehead atoms. The van der Waals surface area contributed by atoms with Gasteiger partial charge in [-0.15, -0.1) is 0 Å². The van der Waals surface area contributed by atoms with Gasteiger partial charge >= 0.3 is 0 Å². The van der Waals surface area contributed by atoms with Gasteiger partial charge in [0.15, 0.2) is 0 Å². The Hall–Kier alpha value is -0.650. The third kappa shape index (κ3) is 3.93. The minimum atomic E-state index is 0.0516. The molecule has 2 aliphatic rings. The maximum atomic E-state index is 10.9. The van der Waals surface area contributed by atoms with Crippen LogP contribution in [0.2, 0.25) is 0 Å². The van der Waals surface area contributed by atoms with Crippen LogP contribution in [0.1, 0.15) is 32.6 Å². The number of β-amino-alcohol motifs (C(OH)–C–C–N with tert-alkyl or cyclic N) is 1. The van der Waals surface area contributed by atoms with E-state index in [1.54, 1.807) is 6.92 Å². The monoisotopic (exact) mass is 256 g/mol. The lowest BCUT2D eigenvalue weighted by atomic mass is 9.88. The zero-order valence-corrected chi connectivity index (χ0v) is 11.1. The predicted octanol–water partition coefficient (Wildman–Crippen LogP) is 0.127. The lowest BCUT2D eigenvalue weighted by molar-refractivity contribution is -0.123. The second-order valence-corrected chi connectivity index (χ2v) is 5.39. The first-order valence-electron chi connectivity index (χ1n) is 6.93. The maximum absolute atomic E-state index is 10.9. The van der Waals surface area contributed by atoms with E-state index in [0.29, 0.717) is 18.2 Å². The molecule has 2 rings (SSSR count). The van der Waals surface area contributed by atoms with Crippen molar-refractivity contribution in [1.82, 2.24) is 10.2 Å². The van der Waals surface area contributed by atoms with Crippen molar-refractivity contribution in [2.24, 2.45) is 0 Å². The molecule has 0 spiro atoms. The summed E-state index contributed by atoms with van der Waals surface area (Å²) in [6.07, 6.45) is 4.72. The fraction of sp³-hybridized carbons (Fsp3) is 0.923. The first-order valence-corrected chi connectivity index (χ1v) is 6.93. The Morgan fingerprint density at radius 1 is 1.33 bits per heavy atom. The number of aliphatic hydroxyl groups excluding tert-OH is 1. The number of hydrogen-bond donors (Lipinski definition) is 2. The van der Waals surface area contributed by atoms with Crippen LogP contribution in [0, 0.1) is 0 Å². The molecule has 0 atom stereocenters. The van der Waals surface area contributed by atoms with Gasteiger partial charge in [-0.05, 0) is 25.7 Å². The molecule has 2 fully saturated rings. The van der Waals surface area contributed by atoms with Gasteiger partial charge in [-0.3, -0.25) is 4.79 Å². The topological polar surface area (TPSA) is 61.8 Å². The molecule has 1 saturated carbocycles. The summed E-state index contributed by atoms with van der Waals surface area (Å²) in [5, 5.41) is 11.8. The molecular weight excluding hydrogens is 232 g/mol. The quantitative estimate of drug-likeness (QED) is 0.734. The summed E-state index contributed by atoms with van der Waals surface area (Å²) in [6.45, 7) is 4.62. The molecule has 0 aromatic rings. The largest absolute Gasteiger partial charge is 0.395 e. The molecule has 0 aromatic heterocycles. The molecule has 1 aliphatic heterocycles. The van der Waals surface area contributed by atoms with Gasteiger partial charge in [0.1, 0.15) is 0 Å². The molecule has 1 saturated heterocycles. The summed E-state index contributed by atoms with van der Waals surface area (Å²) in [4.78, 5) is 13.1. The highest BCUT2D eigenvalue weighted by atomic mass is 16.5. The molecule has 1 amide bonds. The Morgan fingerprint density at radius 2 is 2.00 bits per heavy atom. The van der Waals surface area contributed by atoms with Crippen LogP contribution in [0.3, 0.4) is 0 Å². The second kappa shape index (κ2) is 6.50. The van der Waals surface area contributed by atoms with Crippen molar-refractivity contribution in [1.29, 1.82) is 0 Å². The van der Waals surface area contributed by atoms with Gasteiger partial charge in [0.05, 0.1) is 18.8 Å². The van der Waals surface area contributed by atoms with Gasteiger partial charge in [-0.2, -0.15) is 0 Å². The standard InChI is InChI=1S/C13H24N2O3/c1-10(17)14-11-8-13(9-11)18-12-2-4-15(5-3-12)6-7-16/h11-13,16H,2-9H2,1H3,(H,14,17). The third-order valence-corrected chi connectivity index (χ3v) is 3.84. The third-order valence-electron chi connectivity index (χ3n) is 3.84. The van der Waals surface area contributed by atoms with Crippen molar-refractivity contribution in [3.8, 4) is 0 Å². The van der Waals surface area contributed by atoms with E-state index in [9.17, 15) is 4.79 Å². The number of likely N-dealkylation sites (tertiary alicyclic amines) is 1. The van der Waals surface area contributed by atoms with Crippen LogP contribution in [-0.2, 0) is 9.53 Å². The van der Waals surface area contributed by atoms with Crippen LogP contribution >= 0.6 is 0 Å². The first-order chi connectivity index (χ1) is 8.67. The molecule has 2 N–H and O–H groups in total. The average molecular weight is 256 g/mol. The van der Waals surface area contributed by atoms with Gasteiger partial charge < -0.3 is 20.1 Å². The Kier molecular flexibility index (Phi) is 4.97. The van der Waals surface area contributed by atoms with E-state index in [-0.39, 0.29) is 12.5 Å². The van der Waals surface area contributed by atoms with Crippen LogP contribution in [-0.4, -0.2) is 60.4 Å². The van der Waals surface area contributed by atoms with Crippen LogP contribution in [0.15, 0.2) is 0 Å². The van der Waals surface area contributed by atoms with Crippen molar-refractivity contribution < 1.29 is 14.6 Å². The van der Waals surface area contributed by atoms with Gasteiger partial charge in [-0.25, -0.2) is 0 Å². The number of amides is 1. The number of rotatable bonds is 5. The van der Waals surface area contributed by atoms with Crippen molar-refractivity contribution >= 4 is 5.91 Å². The number of carbonyl (C=O) groups excluding carboxylic acids is 1. The molecule has 0 unspecified atom stereocenters. The molecule has 0 radical (unpaired) electrons. The number of piperidine rings is 1. The van der Waals surface area contributed by atoms with E-state index in [2.05, 4.69) is 10.2 Å². The van der Waals surface area contributed by atoms with E-state index in [4.69, 9.17) is 9.84 Å². The predicted molar refractivity (Wildman–Crippen MR) is 68.3 cm³/mol. The zero-order valence-electron chi connectivity index (χ0n) is 11.1. The second-order valence-electron chi connectivity index (χ2n) is 5.39. The Balaban J connectivity index is 1.58. The number of nitrogens with one attached hydrogen (secondary N) is 1. The highest BCUT2D eigenvalue weighted by Gasteiger charge is 2.33. The van der Waals surface area contributed by atoms with Crippen LogP contribution in [0.25, 0.3) is 0 Å². The summed E-state index contributed by atoms with van der Waals surface area (Å²) in [5.74, 6) is 0.0516. The average Bonchev–Trinajstić information content (AvgIpc) is 2.28. The number of carbonyl (C=O) groups is 1. The van der Waals surface area contributed by atoms with Gasteiger partial charge in [0, 0.05) is 32.6 Å². The SMILES string of the molecule is CC(=O)NC1CC(OC2CCN(CCO)CC2)C1. The number of ether oxygens (including phenoxy) is 1. The van der Waals surface area contributed by atoms with Crippen molar-refractivity contribution in [3.63, 3.8) is 0 Å². The maximum Gasteiger partial charge on any atom is 0.217 e. The molecule has 104 valence electrons. The lowest BCUT2D eigenvalue weighted by Gasteiger charge is -2.40. The highest BCUT2D eigenvalue weighted by Crippen LogP contribution is 2.27. The summed E-state index contributed by atoms with van der Waals surface area (Å²) in [7, 11) is 0. The Bertz CT molecular complexity index is 271. The fourth-order valence-electron chi connectivity index (χ4n) is 2.76. The number of nitrogens with zero attached hydrogens (tertiary/aromatic N) is 1. The van der Waals surface area contributed by atoms with E-state index in [1.807, 2.05) is 0 Å². The molecule has 1 aliphatic carbocycles. The normalized spacial score (nSPS) is 29.9. The molecule has 1 heterocycles. The van der Waals surface area contributed by atoms with Gasteiger partial charge in [0.2, 0.25) is 5.91 Å². The molecule has 0 aromatic carbocycles. The summed E-state index contributed by atoms with van der Waals surface area (Å²) in [5.41, 5.74) is 0.